The molecule has 2 heterocycles. The van der Waals surface area contributed by atoms with Crippen molar-refractivity contribution in [2.75, 3.05) is 12.4 Å². The normalized spacial score (nSPS) is 21.3. The summed E-state index contributed by atoms with van der Waals surface area (Å²) in [5.41, 5.74) is 2.25. The highest BCUT2D eigenvalue weighted by molar-refractivity contribution is 6.31. The van der Waals surface area contributed by atoms with Crippen LogP contribution in [0.4, 0.5) is 10.1 Å². The number of hydrogen-bond acceptors (Lipinski definition) is 5. The number of benzene rings is 3. The number of carbonyl (C=O) groups excluding carboxylic acids is 3. The third-order valence-electron chi connectivity index (χ3n) is 8.71. The molecule has 0 saturated carbocycles. The number of aryl methyl sites for hydroxylation is 1. The van der Waals surface area contributed by atoms with Crippen molar-refractivity contribution < 1.29 is 28.3 Å². The van der Waals surface area contributed by atoms with Crippen molar-refractivity contribution in [2.24, 2.45) is 0 Å². The van der Waals surface area contributed by atoms with E-state index < -0.39 is 40.6 Å². The topological polar surface area (TPSA) is 106 Å². The van der Waals surface area contributed by atoms with Gasteiger partial charge in [0.25, 0.3) is 5.91 Å². The monoisotopic (exact) mass is 627 g/mol. The molecular weight excluding hydrogens is 596 g/mol. The Morgan fingerprint density at radius 2 is 1.74 bits per heavy atom. The molecule has 0 bridgehead atoms. The number of nitrogens with one attached hydrogen (secondary N) is 3. The number of halogens is 3. The van der Waals surface area contributed by atoms with Gasteiger partial charge in [0.15, 0.2) is 5.60 Å². The largest absolute Gasteiger partial charge is 0.477 e. The third-order valence-corrected chi connectivity index (χ3v) is 9.18. The zero-order chi connectivity index (χ0) is 31.1. The van der Waals surface area contributed by atoms with E-state index in [2.05, 4.69) is 16.1 Å². The van der Waals surface area contributed by atoms with E-state index >= 15 is 0 Å². The molecule has 2 aliphatic heterocycles. The Morgan fingerprint density at radius 1 is 1.05 bits per heavy atom. The second-order valence-electron chi connectivity index (χ2n) is 10.9. The molecule has 226 valence electrons. The van der Waals surface area contributed by atoms with Crippen molar-refractivity contribution in [1.29, 1.82) is 0 Å². The summed E-state index contributed by atoms with van der Waals surface area (Å²) in [6.07, 6.45) is 0.473. The average molecular weight is 629 g/mol. The summed E-state index contributed by atoms with van der Waals surface area (Å²) in [6.45, 7) is 5.43. The minimum Gasteiger partial charge on any atom is -0.477 e. The summed E-state index contributed by atoms with van der Waals surface area (Å²) < 4.78 is 21.3. The molecule has 11 heteroatoms. The molecule has 3 unspecified atom stereocenters. The zero-order valence-electron chi connectivity index (χ0n) is 24.1. The van der Waals surface area contributed by atoms with Crippen molar-refractivity contribution >= 4 is 46.6 Å². The molecule has 2 aliphatic rings. The Labute approximate surface area is 259 Å². The van der Waals surface area contributed by atoms with E-state index in [0.717, 1.165) is 0 Å². The molecule has 3 amide bonds. The molecule has 1 fully saturated rings. The van der Waals surface area contributed by atoms with Gasteiger partial charge in [-0.05, 0) is 78.9 Å². The van der Waals surface area contributed by atoms with Crippen molar-refractivity contribution in [3.63, 3.8) is 0 Å². The first-order valence-corrected chi connectivity index (χ1v) is 14.7. The van der Waals surface area contributed by atoms with Crippen LogP contribution in [0.15, 0.2) is 54.6 Å². The first-order chi connectivity index (χ1) is 20.5. The van der Waals surface area contributed by atoms with Gasteiger partial charge in [-0.2, -0.15) is 0 Å². The number of amides is 3. The number of rotatable bonds is 8. The standard InChI is InChI=1S/C32H32Cl2FN3O5/c1-5-31(6-2,29(40)38-42-4)43-26-12-9-18(33)13-22(26)24-16-27(39)37-28(21-15-20(35)10-7-17(21)3)32(24)23-11-8-19(34)14-25(23)36-30(32)41/h7-15,24,28H,5-6,16H2,1-4H3,(H,36,41)(H,37,39)(H,38,40). The highest BCUT2D eigenvalue weighted by Gasteiger charge is 2.62. The van der Waals surface area contributed by atoms with E-state index in [0.29, 0.717) is 50.8 Å². The van der Waals surface area contributed by atoms with Crippen LogP contribution in [0, 0.1) is 12.7 Å². The molecule has 8 nitrogen and oxygen atoms in total. The van der Waals surface area contributed by atoms with Gasteiger partial charge < -0.3 is 15.4 Å². The van der Waals surface area contributed by atoms with E-state index in [1.807, 2.05) is 13.8 Å². The molecule has 3 aromatic carbocycles. The Morgan fingerprint density at radius 3 is 2.44 bits per heavy atom. The highest BCUT2D eigenvalue weighted by Crippen LogP contribution is 2.59. The smallest absolute Gasteiger partial charge is 0.287 e. The maximum atomic E-state index is 14.7. The molecule has 3 N–H and O–H groups in total. The summed E-state index contributed by atoms with van der Waals surface area (Å²) in [4.78, 5) is 46.0. The molecule has 3 aromatic rings. The predicted octanol–water partition coefficient (Wildman–Crippen LogP) is 6.29. The fourth-order valence-electron chi connectivity index (χ4n) is 6.49. The number of piperidine rings is 1. The van der Waals surface area contributed by atoms with Crippen LogP contribution >= 0.6 is 23.2 Å². The number of fused-ring (bicyclic) bond motifs is 2. The Hall–Kier alpha value is -3.66. The van der Waals surface area contributed by atoms with Crippen LogP contribution in [0.5, 0.6) is 5.75 Å². The van der Waals surface area contributed by atoms with Crippen LogP contribution in [0.25, 0.3) is 0 Å². The number of ether oxygens (including phenoxy) is 1. The van der Waals surface area contributed by atoms with Crippen molar-refractivity contribution in [3.05, 3.63) is 92.7 Å². The van der Waals surface area contributed by atoms with Gasteiger partial charge in [-0.25, -0.2) is 9.87 Å². The van der Waals surface area contributed by atoms with Gasteiger partial charge in [0, 0.05) is 33.6 Å². The Balaban J connectivity index is 1.79. The van der Waals surface area contributed by atoms with Gasteiger partial charge in [0.2, 0.25) is 11.8 Å². The molecule has 5 rings (SSSR count). The SMILES string of the molecule is CCC(CC)(Oc1ccc(Cl)cc1C1CC(=O)NC(c2cc(F)ccc2C)C12C(=O)Nc1cc(Cl)ccc12)C(=O)NOC. The van der Waals surface area contributed by atoms with Gasteiger partial charge >= 0.3 is 0 Å². The van der Waals surface area contributed by atoms with E-state index in [9.17, 15) is 18.8 Å². The number of carbonyl (C=O) groups is 3. The number of anilines is 1. The second-order valence-corrected chi connectivity index (χ2v) is 11.8. The maximum absolute atomic E-state index is 14.7. The minimum atomic E-state index is -1.47. The quantitative estimate of drug-likeness (QED) is 0.255. The number of hydroxylamine groups is 1. The fourth-order valence-corrected chi connectivity index (χ4v) is 6.84. The summed E-state index contributed by atoms with van der Waals surface area (Å²) in [5.74, 6) is -2.30. The van der Waals surface area contributed by atoms with Crippen molar-refractivity contribution in [3.8, 4) is 5.75 Å². The first kappa shape index (κ1) is 30.8. The van der Waals surface area contributed by atoms with E-state index in [1.54, 1.807) is 49.4 Å². The molecular formula is C32H32Cl2FN3O5. The lowest BCUT2D eigenvalue weighted by molar-refractivity contribution is -0.149. The lowest BCUT2D eigenvalue weighted by atomic mass is 9.59. The van der Waals surface area contributed by atoms with Crippen molar-refractivity contribution in [1.82, 2.24) is 10.8 Å². The highest BCUT2D eigenvalue weighted by atomic mass is 35.5. The molecule has 1 saturated heterocycles. The first-order valence-electron chi connectivity index (χ1n) is 14.0. The van der Waals surface area contributed by atoms with Gasteiger partial charge in [-0.3, -0.25) is 19.2 Å². The van der Waals surface area contributed by atoms with Crippen LogP contribution in [-0.2, 0) is 24.6 Å². The molecule has 3 atom stereocenters. The second kappa shape index (κ2) is 11.8. The molecule has 0 aromatic heterocycles. The summed E-state index contributed by atoms with van der Waals surface area (Å²) in [7, 11) is 1.34. The third kappa shape index (κ3) is 5.13. The zero-order valence-corrected chi connectivity index (χ0v) is 25.7. The van der Waals surface area contributed by atoms with E-state index in [4.69, 9.17) is 32.8 Å². The van der Waals surface area contributed by atoms with Gasteiger partial charge in [0.05, 0.1) is 13.2 Å². The van der Waals surface area contributed by atoms with E-state index in [1.165, 1.54) is 19.2 Å². The van der Waals surface area contributed by atoms with Crippen molar-refractivity contribution in [2.45, 2.75) is 63.0 Å². The van der Waals surface area contributed by atoms with E-state index in [-0.39, 0.29) is 18.1 Å². The number of hydrogen-bond donors (Lipinski definition) is 3. The molecule has 0 aliphatic carbocycles. The average Bonchev–Trinajstić information content (AvgIpc) is 3.25. The molecule has 0 radical (unpaired) electrons. The molecule has 43 heavy (non-hydrogen) atoms. The van der Waals surface area contributed by atoms with Crippen LogP contribution in [0.2, 0.25) is 10.0 Å². The molecule has 1 spiro atoms. The fraction of sp³-hybridized carbons (Fsp3) is 0.344. The predicted molar refractivity (Wildman–Crippen MR) is 162 cm³/mol. The lowest BCUT2D eigenvalue weighted by Crippen LogP contribution is -2.57. The van der Waals surface area contributed by atoms with Crippen LogP contribution in [-0.4, -0.2) is 30.4 Å². The Bertz CT molecular complexity index is 1610. The minimum absolute atomic E-state index is 0.118. The maximum Gasteiger partial charge on any atom is 0.287 e. The van der Waals surface area contributed by atoms with Gasteiger partial charge in [-0.1, -0.05) is 49.2 Å². The lowest BCUT2D eigenvalue weighted by Gasteiger charge is -2.47. The summed E-state index contributed by atoms with van der Waals surface area (Å²) in [5, 5.41) is 6.73. The van der Waals surface area contributed by atoms with Crippen LogP contribution < -0.4 is 20.9 Å². The van der Waals surface area contributed by atoms with Crippen LogP contribution in [0.3, 0.4) is 0 Å². The summed E-state index contributed by atoms with van der Waals surface area (Å²) in [6, 6.07) is 13.3. The van der Waals surface area contributed by atoms with Crippen LogP contribution in [0.1, 0.15) is 67.3 Å². The summed E-state index contributed by atoms with van der Waals surface area (Å²) >= 11 is 12.9. The van der Waals surface area contributed by atoms with Gasteiger partial charge in [-0.15, -0.1) is 0 Å². The Kier molecular flexibility index (Phi) is 8.44. The van der Waals surface area contributed by atoms with Gasteiger partial charge in [0.1, 0.15) is 17.0 Å².